The van der Waals surface area contributed by atoms with Crippen LogP contribution in [0, 0.1) is 5.92 Å². The SMILES string of the molecule is CC1Cc2c(c3cc(-c4ccc(C(F)(F)F)cc4C(F)(F)F)ccc3n2-c2cccc3c2C(=O)N(C)C3=O)C=C1c1ccc(C(F)(F)F)cc1C(F)(F)F. The topological polar surface area (TPSA) is 42.3 Å². The Hall–Kier alpha value is -5.54. The van der Waals surface area contributed by atoms with Crippen molar-refractivity contribution in [1.82, 2.24) is 9.47 Å². The van der Waals surface area contributed by atoms with E-state index < -0.39 is 75.8 Å². The summed E-state index contributed by atoms with van der Waals surface area (Å²) in [5.74, 6) is -2.12. The molecule has 2 heterocycles. The number of hydrogen-bond donors (Lipinski definition) is 0. The van der Waals surface area contributed by atoms with E-state index in [4.69, 9.17) is 0 Å². The van der Waals surface area contributed by atoms with Gasteiger partial charge >= 0.3 is 24.7 Å². The lowest BCUT2D eigenvalue weighted by atomic mass is 9.81. The van der Waals surface area contributed by atoms with E-state index >= 15 is 0 Å². The predicted octanol–water partition coefficient (Wildman–Crippen LogP) is 11.3. The summed E-state index contributed by atoms with van der Waals surface area (Å²) in [6.45, 7) is 1.52. The fourth-order valence-corrected chi connectivity index (χ4v) is 7.20. The number of allylic oxidation sites excluding steroid dienone is 1. The summed E-state index contributed by atoms with van der Waals surface area (Å²) in [6, 6.07) is 10.4. The van der Waals surface area contributed by atoms with Gasteiger partial charge < -0.3 is 4.57 Å². The second-order valence-electron chi connectivity index (χ2n) is 13.0. The van der Waals surface area contributed by atoms with Crippen LogP contribution in [0.15, 0.2) is 72.8 Å². The lowest BCUT2D eigenvalue weighted by Gasteiger charge is -2.26. The maximum absolute atomic E-state index is 14.4. The van der Waals surface area contributed by atoms with Gasteiger partial charge in [0.25, 0.3) is 11.8 Å². The summed E-state index contributed by atoms with van der Waals surface area (Å²) >= 11 is 0. The fourth-order valence-electron chi connectivity index (χ4n) is 7.20. The molecule has 54 heavy (non-hydrogen) atoms. The van der Waals surface area contributed by atoms with Crippen LogP contribution < -0.4 is 0 Å². The molecule has 5 aromatic rings. The number of imide groups is 1. The first-order chi connectivity index (χ1) is 25.0. The van der Waals surface area contributed by atoms with Gasteiger partial charge in [-0.15, -0.1) is 0 Å². The molecule has 280 valence electrons. The molecule has 0 bridgehead atoms. The first-order valence-corrected chi connectivity index (χ1v) is 15.9. The molecule has 7 rings (SSSR count). The number of hydrogen-bond acceptors (Lipinski definition) is 2. The number of carbonyl (C=O) groups excluding carboxylic acids is 2. The molecule has 0 saturated carbocycles. The van der Waals surface area contributed by atoms with E-state index in [2.05, 4.69) is 0 Å². The van der Waals surface area contributed by atoms with E-state index in [1.165, 1.54) is 61.0 Å². The van der Waals surface area contributed by atoms with E-state index in [1.54, 1.807) is 0 Å². The molecular formula is C38H22F12N2O2. The van der Waals surface area contributed by atoms with Gasteiger partial charge in [-0.3, -0.25) is 14.5 Å². The monoisotopic (exact) mass is 766 g/mol. The second kappa shape index (κ2) is 12.0. The Balaban J connectivity index is 1.54. The first kappa shape index (κ1) is 36.8. The minimum absolute atomic E-state index is 0.00450. The highest BCUT2D eigenvalue weighted by molar-refractivity contribution is 6.23. The molecule has 0 radical (unpaired) electrons. The summed E-state index contributed by atoms with van der Waals surface area (Å²) in [5, 5.41) is 0.100. The number of carbonyl (C=O) groups is 2. The molecule has 1 aromatic heterocycles. The summed E-state index contributed by atoms with van der Waals surface area (Å²) in [5.41, 5.74) is -6.91. The molecule has 4 nitrogen and oxygen atoms in total. The van der Waals surface area contributed by atoms with Crippen molar-refractivity contribution in [3.05, 3.63) is 123 Å². The third-order valence-corrected chi connectivity index (χ3v) is 9.70. The lowest BCUT2D eigenvalue weighted by molar-refractivity contribution is -0.144. The maximum Gasteiger partial charge on any atom is 0.417 e. The highest BCUT2D eigenvalue weighted by atomic mass is 19.4. The molecule has 1 atom stereocenters. The summed E-state index contributed by atoms with van der Waals surface area (Å²) in [4.78, 5) is 27.1. The Morgan fingerprint density at radius 1 is 0.630 bits per heavy atom. The zero-order valence-electron chi connectivity index (χ0n) is 27.5. The highest BCUT2D eigenvalue weighted by Crippen LogP contribution is 2.48. The molecule has 1 unspecified atom stereocenters. The number of amides is 2. The van der Waals surface area contributed by atoms with Gasteiger partial charge in [0.05, 0.1) is 44.6 Å². The normalized spacial score (nSPS) is 16.6. The Kier molecular flexibility index (Phi) is 8.17. The van der Waals surface area contributed by atoms with E-state index in [-0.39, 0.29) is 63.0 Å². The third-order valence-electron chi connectivity index (χ3n) is 9.70. The van der Waals surface area contributed by atoms with Crippen molar-refractivity contribution in [1.29, 1.82) is 0 Å². The van der Waals surface area contributed by atoms with Crippen LogP contribution in [-0.4, -0.2) is 28.3 Å². The van der Waals surface area contributed by atoms with Crippen LogP contribution >= 0.6 is 0 Å². The zero-order chi connectivity index (χ0) is 39.4. The molecule has 0 saturated heterocycles. The largest absolute Gasteiger partial charge is 0.417 e. The van der Waals surface area contributed by atoms with E-state index in [9.17, 15) is 62.3 Å². The van der Waals surface area contributed by atoms with Gasteiger partial charge in [0, 0.05) is 23.7 Å². The van der Waals surface area contributed by atoms with Crippen LogP contribution in [-0.2, 0) is 31.1 Å². The smallest absolute Gasteiger partial charge is 0.312 e. The van der Waals surface area contributed by atoms with Gasteiger partial charge in [-0.2, -0.15) is 52.7 Å². The number of alkyl halides is 12. The molecule has 2 amide bonds. The number of fused-ring (bicyclic) bond motifs is 4. The van der Waals surface area contributed by atoms with Gasteiger partial charge in [-0.1, -0.05) is 31.2 Å². The average Bonchev–Trinajstić information content (AvgIpc) is 3.51. The number of halogens is 12. The fraction of sp³-hybridized carbons (Fsp3) is 0.211. The van der Waals surface area contributed by atoms with E-state index in [0.717, 1.165) is 4.90 Å². The molecular weight excluding hydrogens is 744 g/mol. The molecule has 1 aliphatic carbocycles. The molecule has 0 spiro atoms. The number of aromatic nitrogens is 1. The standard InChI is InChI=1S/C38H22F12N2O2/c1-17-12-31-26(16-24(17)22-10-8-20(36(42,43)44)15-28(22)38(48,49)50)25-13-18(21-9-7-19(35(39,40)41)14-27(21)37(45,46)47)6-11-29(25)52(31)30-5-3-4-23-32(30)34(54)51(2)33(23)53/h3-11,13-17H,12H2,1-2H3. The van der Waals surface area contributed by atoms with Gasteiger partial charge in [0.15, 0.2) is 0 Å². The van der Waals surface area contributed by atoms with Crippen molar-refractivity contribution >= 4 is 34.4 Å². The number of rotatable bonds is 3. The van der Waals surface area contributed by atoms with Crippen LogP contribution in [0.25, 0.3) is 39.4 Å². The van der Waals surface area contributed by atoms with Crippen LogP contribution in [0.2, 0.25) is 0 Å². The number of nitrogens with zero attached hydrogens (tertiary/aromatic N) is 2. The third kappa shape index (κ3) is 5.91. The highest BCUT2D eigenvalue weighted by Gasteiger charge is 2.42. The van der Waals surface area contributed by atoms with Crippen LogP contribution in [0.4, 0.5) is 52.7 Å². The summed E-state index contributed by atoms with van der Waals surface area (Å²) < 4.78 is 168. The minimum Gasteiger partial charge on any atom is -0.312 e. The Morgan fingerprint density at radius 3 is 1.78 bits per heavy atom. The maximum atomic E-state index is 14.4. The second-order valence-corrected chi connectivity index (χ2v) is 13.0. The van der Waals surface area contributed by atoms with E-state index in [0.29, 0.717) is 30.0 Å². The number of benzene rings is 4. The van der Waals surface area contributed by atoms with Gasteiger partial charge in [-0.25, -0.2) is 0 Å². The molecule has 0 N–H and O–H groups in total. The molecule has 4 aromatic carbocycles. The minimum atomic E-state index is -5.25. The average molecular weight is 767 g/mol. The zero-order valence-corrected chi connectivity index (χ0v) is 27.5. The van der Waals surface area contributed by atoms with Crippen LogP contribution in [0.3, 0.4) is 0 Å². The van der Waals surface area contributed by atoms with Crippen molar-refractivity contribution in [2.24, 2.45) is 5.92 Å². The Labute approximate surface area is 296 Å². The Morgan fingerprint density at radius 2 is 1.20 bits per heavy atom. The lowest BCUT2D eigenvalue weighted by Crippen LogP contribution is -2.24. The van der Waals surface area contributed by atoms with E-state index in [1.807, 2.05) is 0 Å². The summed E-state index contributed by atoms with van der Waals surface area (Å²) in [7, 11) is 1.26. The van der Waals surface area contributed by atoms with Gasteiger partial charge in [0.2, 0.25) is 0 Å². The van der Waals surface area contributed by atoms with Crippen molar-refractivity contribution in [2.75, 3.05) is 7.05 Å². The molecule has 0 fully saturated rings. The first-order valence-electron chi connectivity index (χ1n) is 15.9. The Bertz CT molecular complexity index is 2450. The van der Waals surface area contributed by atoms with Gasteiger partial charge in [-0.05, 0) is 89.2 Å². The quantitative estimate of drug-likeness (QED) is 0.136. The van der Waals surface area contributed by atoms with Crippen LogP contribution in [0.1, 0.15) is 66.7 Å². The van der Waals surface area contributed by atoms with Crippen molar-refractivity contribution in [3.8, 4) is 16.8 Å². The van der Waals surface area contributed by atoms with Crippen LogP contribution in [0.5, 0.6) is 0 Å². The van der Waals surface area contributed by atoms with Gasteiger partial charge in [0.1, 0.15) is 0 Å². The van der Waals surface area contributed by atoms with Crippen molar-refractivity contribution < 1.29 is 62.3 Å². The van der Waals surface area contributed by atoms with Crippen molar-refractivity contribution in [3.63, 3.8) is 0 Å². The summed E-state index contributed by atoms with van der Waals surface area (Å²) in [6.07, 6.45) is -19.5. The molecule has 16 heteroatoms. The molecule has 2 aliphatic rings. The molecule has 1 aliphatic heterocycles. The predicted molar refractivity (Wildman–Crippen MR) is 172 cm³/mol. The van der Waals surface area contributed by atoms with Crippen molar-refractivity contribution in [2.45, 2.75) is 38.0 Å².